The van der Waals surface area contributed by atoms with Gasteiger partial charge in [-0.1, -0.05) is 12.6 Å². The van der Waals surface area contributed by atoms with E-state index in [1.54, 1.807) is 32.4 Å². The molecule has 1 aliphatic carbocycles. The SMILES string of the molecule is C=C(NC1(C(=O)N[C@H](C)c2ccc(C(=O)N3C(C)CCC3C)cc2F)CC1)c1cnc2ccc(OC)cc2c1. The number of amides is 2. The number of hydrogen-bond acceptors (Lipinski definition) is 5. The van der Waals surface area contributed by atoms with Crippen molar-refractivity contribution in [1.29, 1.82) is 0 Å². The topological polar surface area (TPSA) is 83.6 Å². The fourth-order valence-corrected chi connectivity index (χ4v) is 5.46. The summed E-state index contributed by atoms with van der Waals surface area (Å²) >= 11 is 0. The number of likely N-dealkylation sites (tertiary alicyclic amines) is 1. The van der Waals surface area contributed by atoms with Gasteiger partial charge in [-0.15, -0.1) is 0 Å². The van der Waals surface area contributed by atoms with Gasteiger partial charge in [0.05, 0.1) is 18.7 Å². The molecular formula is C31H35FN4O3. The van der Waals surface area contributed by atoms with Gasteiger partial charge in [-0.05, 0) is 82.9 Å². The van der Waals surface area contributed by atoms with Crippen LogP contribution in [0.2, 0.25) is 0 Å². The van der Waals surface area contributed by atoms with Gasteiger partial charge in [0, 0.05) is 46.1 Å². The Labute approximate surface area is 228 Å². The van der Waals surface area contributed by atoms with Gasteiger partial charge in [0.15, 0.2) is 0 Å². The molecule has 2 aromatic carbocycles. The number of ether oxygens (including phenoxy) is 1. The highest BCUT2D eigenvalue weighted by atomic mass is 19.1. The van der Waals surface area contributed by atoms with Crippen LogP contribution >= 0.6 is 0 Å². The Morgan fingerprint density at radius 2 is 1.82 bits per heavy atom. The lowest BCUT2D eigenvalue weighted by Crippen LogP contribution is -2.46. The molecule has 1 aliphatic heterocycles. The molecule has 3 atom stereocenters. The van der Waals surface area contributed by atoms with Crippen LogP contribution in [0.25, 0.3) is 16.6 Å². The van der Waals surface area contributed by atoms with Gasteiger partial charge in [0.1, 0.15) is 17.1 Å². The third-order valence-electron chi connectivity index (χ3n) is 8.06. The first-order valence-corrected chi connectivity index (χ1v) is 13.5. The number of pyridine rings is 1. The summed E-state index contributed by atoms with van der Waals surface area (Å²) in [5.74, 6) is -0.147. The van der Waals surface area contributed by atoms with Gasteiger partial charge in [-0.3, -0.25) is 14.6 Å². The standard InChI is InChI=1S/C31H35FN4O3/c1-18-6-7-19(2)36(18)29(37)22-8-10-26(27(32)16-22)21(4)34-30(38)31(12-13-31)35-20(3)24-14-23-15-25(39-5)9-11-28(23)33-17-24/h8-11,14-19,21,35H,3,6-7,12-13H2,1-2,4-5H3,(H,34,38)/t18?,19?,21-/m1/s1. The van der Waals surface area contributed by atoms with E-state index in [1.807, 2.05) is 43.0 Å². The fraction of sp³-hybridized carbons (Fsp3) is 0.387. The number of nitrogens with one attached hydrogen (secondary N) is 2. The summed E-state index contributed by atoms with van der Waals surface area (Å²) < 4.78 is 20.5. The Balaban J connectivity index is 1.25. The zero-order chi connectivity index (χ0) is 27.9. The number of hydrogen-bond donors (Lipinski definition) is 2. The molecule has 3 aromatic rings. The Morgan fingerprint density at radius 1 is 1.10 bits per heavy atom. The second kappa shape index (κ2) is 10.3. The van der Waals surface area contributed by atoms with Crippen molar-refractivity contribution in [2.75, 3.05) is 7.11 Å². The molecular weight excluding hydrogens is 495 g/mol. The summed E-state index contributed by atoms with van der Waals surface area (Å²) in [7, 11) is 1.62. The number of methoxy groups -OCH3 is 1. The predicted molar refractivity (Wildman–Crippen MR) is 150 cm³/mol. The van der Waals surface area contributed by atoms with E-state index in [0.29, 0.717) is 29.7 Å². The van der Waals surface area contributed by atoms with Crippen LogP contribution in [0.3, 0.4) is 0 Å². The molecule has 0 spiro atoms. The average molecular weight is 531 g/mol. The van der Waals surface area contributed by atoms with Crippen LogP contribution < -0.4 is 15.4 Å². The van der Waals surface area contributed by atoms with Crippen LogP contribution in [-0.2, 0) is 4.79 Å². The van der Waals surface area contributed by atoms with Crippen molar-refractivity contribution < 1.29 is 18.7 Å². The van der Waals surface area contributed by atoms with Crippen LogP contribution in [0.5, 0.6) is 5.75 Å². The highest BCUT2D eigenvalue weighted by Crippen LogP contribution is 2.38. The number of benzene rings is 2. The van der Waals surface area contributed by atoms with E-state index < -0.39 is 17.4 Å². The quantitative estimate of drug-likeness (QED) is 0.409. The van der Waals surface area contributed by atoms with Gasteiger partial charge < -0.3 is 20.3 Å². The number of carbonyl (C=O) groups excluding carboxylic acids is 2. The van der Waals surface area contributed by atoms with Gasteiger partial charge >= 0.3 is 0 Å². The van der Waals surface area contributed by atoms with E-state index >= 15 is 4.39 Å². The molecule has 2 unspecified atom stereocenters. The summed E-state index contributed by atoms with van der Waals surface area (Å²) in [4.78, 5) is 32.6. The predicted octanol–water partition coefficient (Wildman–Crippen LogP) is 5.37. The minimum atomic E-state index is -0.802. The normalized spacial score (nSPS) is 20.4. The first kappa shape index (κ1) is 26.7. The summed E-state index contributed by atoms with van der Waals surface area (Å²) in [6.07, 6.45) is 4.90. The minimum Gasteiger partial charge on any atom is -0.497 e. The van der Waals surface area contributed by atoms with Crippen LogP contribution in [0.4, 0.5) is 4.39 Å². The van der Waals surface area contributed by atoms with E-state index in [0.717, 1.165) is 35.1 Å². The maximum atomic E-state index is 15.2. The Bertz CT molecular complexity index is 1440. The Morgan fingerprint density at radius 3 is 2.46 bits per heavy atom. The summed E-state index contributed by atoms with van der Waals surface area (Å²) in [5, 5.41) is 7.15. The number of halogens is 1. The number of fused-ring (bicyclic) bond motifs is 1. The molecule has 2 amide bonds. The Hall–Kier alpha value is -3.94. The Kier molecular flexibility index (Phi) is 7.05. The van der Waals surface area contributed by atoms with Crippen molar-refractivity contribution in [2.24, 2.45) is 0 Å². The third-order valence-corrected chi connectivity index (χ3v) is 8.06. The third kappa shape index (κ3) is 5.20. The van der Waals surface area contributed by atoms with E-state index in [-0.39, 0.29) is 23.9 Å². The van der Waals surface area contributed by atoms with Crippen molar-refractivity contribution in [3.05, 3.63) is 77.7 Å². The minimum absolute atomic E-state index is 0.138. The zero-order valence-corrected chi connectivity index (χ0v) is 22.9. The number of nitrogens with zero attached hydrogens (tertiary/aromatic N) is 2. The average Bonchev–Trinajstić information content (AvgIpc) is 3.63. The summed E-state index contributed by atoms with van der Waals surface area (Å²) in [6.45, 7) is 9.93. The molecule has 2 fully saturated rings. The summed E-state index contributed by atoms with van der Waals surface area (Å²) in [5.41, 5.74) is 2.06. The molecule has 5 rings (SSSR count). The molecule has 39 heavy (non-hydrogen) atoms. The molecule has 1 aromatic heterocycles. The lowest BCUT2D eigenvalue weighted by molar-refractivity contribution is -0.124. The first-order chi connectivity index (χ1) is 18.6. The smallest absolute Gasteiger partial charge is 0.254 e. The largest absolute Gasteiger partial charge is 0.497 e. The second-order valence-corrected chi connectivity index (χ2v) is 10.9. The molecule has 8 heteroatoms. The van der Waals surface area contributed by atoms with Gasteiger partial charge in [-0.2, -0.15) is 0 Å². The number of carbonyl (C=O) groups is 2. The highest BCUT2D eigenvalue weighted by molar-refractivity contribution is 5.95. The van der Waals surface area contributed by atoms with Crippen molar-refractivity contribution in [1.82, 2.24) is 20.5 Å². The van der Waals surface area contributed by atoms with Crippen molar-refractivity contribution in [3.63, 3.8) is 0 Å². The molecule has 2 aliphatic rings. The highest BCUT2D eigenvalue weighted by Gasteiger charge is 2.50. The van der Waals surface area contributed by atoms with Crippen LogP contribution in [-0.4, -0.2) is 46.4 Å². The van der Waals surface area contributed by atoms with Crippen LogP contribution in [0, 0.1) is 5.82 Å². The zero-order valence-electron chi connectivity index (χ0n) is 22.9. The van der Waals surface area contributed by atoms with Crippen molar-refractivity contribution in [2.45, 2.75) is 70.1 Å². The van der Waals surface area contributed by atoms with E-state index in [1.165, 1.54) is 6.07 Å². The molecule has 1 saturated heterocycles. The van der Waals surface area contributed by atoms with Crippen molar-refractivity contribution in [3.8, 4) is 5.75 Å². The summed E-state index contributed by atoms with van der Waals surface area (Å²) in [6, 6.07) is 11.8. The lowest BCUT2D eigenvalue weighted by Gasteiger charge is -2.27. The number of rotatable bonds is 8. The second-order valence-electron chi connectivity index (χ2n) is 10.9. The van der Waals surface area contributed by atoms with Gasteiger partial charge in [0.25, 0.3) is 5.91 Å². The number of aromatic nitrogens is 1. The lowest BCUT2D eigenvalue weighted by atomic mass is 10.0. The van der Waals surface area contributed by atoms with Gasteiger partial charge in [0.2, 0.25) is 5.91 Å². The molecule has 204 valence electrons. The van der Waals surface area contributed by atoms with E-state index in [4.69, 9.17) is 4.74 Å². The van der Waals surface area contributed by atoms with E-state index in [9.17, 15) is 9.59 Å². The maximum Gasteiger partial charge on any atom is 0.254 e. The molecule has 0 bridgehead atoms. The van der Waals surface area contributed by atoms with Crippen LogP contribution in [0.1, 0.15) is 74.0 Å². The van der Waals surface area contributed by atoms with Crippen molar-refractivity contribution >= 4 is 28.4 Å². The van der Waals surface area contributed by atoms with Gasteiger partial charge in [-0.25, -0.2) is 4.39 Å². The maximum absolute atomic E-state index is 15.2. The fourth-order valence-electron chi connectivity index (χ4n) is 5.46. The molecule has 1 saturated carbocycles. The molecule has 2 N–H and O–H groups in total. The first-order valence-electron chi connectivity index (χ1n) is 13.5. The molecule has 2 heterocycles. The molecule has 0 radical (unpaired) electrons. The molecule has 7 nitrogen and oxygen atoms in total. The van der Waals surface area contributed by atoms with Crippen LogP contribution in [0.15, 0.2) is 55.2 Å². The monoisotopic (exact) mass is 530 g/mol. The van der Waals surface area contributed by atoms with E-state index in [2.05, 4.69) is 22.2 Å².